The number of hydrogen-bond donors (Lipinski definition) is 0. The highest BCUT2D eigenvalue weighted by Gasteiger charge is 2.17. The molecule has 0 spiro atoms. The molecule has 94 valence electrons. The highest BCUT2D eigenvalue weighted by Crippen LogP contribution is 2.22. The predicted octanol–water partition coefficient (Wildman–Crippen LogP) is 1.22. The van der Waals surface area contributed by atoms with Gasteiger partial charge in [0.2, 0.25) is 0 Å². The van der Waals surface area contributed by atoms with Crippen molar-refractivity contribution in [2.24, 2.45) is 0 Å². The molecule has 0 N–H and O–H groups in total. The molecule has 1 aliphatic rings. The Hall–Kier alpha value is -1.95. The summed E-state index contributed by atoms with van der Waals surface area (Å²) in [5, 5.41) is 11.1. The third kappa shape index (κ3) is 2.33. The molecular formula is C12H14N4O2. The number of hydrogen-bond acceptors (Lipinski definition) is 5. The van der Waals surface area contributed by atoms with Crippen LogP contribution in [-0.2, 0) is 4.74 Å². The Morgan fingerprint density at radius 1 is 1.39 bits per heavy atom. The summed E-state index contributed by atoms with van der Waals surface area (Å²) >= 11 is 0. The monoisotopic (exact) mass is 246 g/mol. The predicted molar refractivity (Wildman–Crippen MR) is 63.6 cm³/mol. The summed E-state index contributed by atoms with van der Waals surface area (Å²) in [5.41, 5.74) is 0.834. The Morgan fingerprint density at radius 3 is 3.11 bits per heavy atom. The standard InChI is InChI=1S/C12H14N4O2/c1-2-6-12(18-8-10-4-3-7-17-10)11(5-1)16-9-13-14-15-16/h1-2,5-6,9-10H,3-4,7-8H2. The minimum atomic E-state index is 0.201. The summed E-state index contributed by atoms with van der Waals surface area (Å²) in [6.07, 6.45) is 3.93. The van der Waals surface area contributed by atoms with Gasteiger partial charge in [-0.05, 0) is 35.4 Å². The maximum atomic E-state index is 5.80. The van der Waals surface area contributed by atoms with Crippen molar-refractivity contribution < 1.29 is 9.47 Å². The molecule has 3 rings (SSSR count). The lowest BCUT2D eigenvalue weighted by atomic mass is 10.2. The second-order valence-electron chi connectivity index (χ2n) is 4.17. The second kappa shape index (κ2) is 5.14. The normalized spacial score (nSPS) is 19.0. The van der Waals surface area contributed by atoms with Gasteiger partial charge >= 0.3 is 0 Å². The Balaban J connectivity index is 1.75. The van der Waals surface area contributed by atoms with Gasteiger partial charge in [-0.2, -0.15) is 4.68 Å². The largest absolute Gasteiger partial charge is 0.489 e. The summed E-state index contributed by atoms with van der Waals surface area (Å²) in [6.45, 7) is 1.40. The van der Waals surface area contributed by atoms with E-state index < -0.39 is 0 Å². The van der Waals surface area contributed by atoms with Crippen LogP contribution in [-0.4, -0.2) is 39.5 Å². The zero-order chi connectivity index (χ0) is 12.2. The van der Waals surface area contributed by atoms with Crippen LogP contribution in [0.2, 0.25) is 0 Å². The average molecular weight is 246 g/mol. The molecule has 1 aromatic carbocycles. The Bertz CT molecular complexity index is 495. The van der Waals surface area contributed by atoms with Crippen LogP contribution < -0.4 is 4.74 Å². The van der Waals surface area contributed by atoms with Crippen LogP contribution in [0.25, 0.3) is 5.69 Å². The lowest BCUT2D eigenvalue weighted by Gasteiger charge is -2.13. The molecule has 2 aromatic rings. The van der Waals surface area contributed by atoms with Crippen LogP contribution in [0.3, 0.4) is 0 Å². The van der Waals surface area contributed by atoms with Gasteiger partial charge in [0.15, 0.2) is 0 Å². The topological polar surface area (TPSA) is 62.1 Å². The van der Waals surface area contributed by atoms with Crippen molar-refractivity contribution in [1.29, 1.82) is 0 Å². The fourth-order valence-electron chi connectivity index (χ4n) is 2.00. The lowest BCUT2D eigenvalue weighted by Crippen LogP contribution is -2.17. The van der Waals surface area contributed by atoms with E-state index in [1.165, 1.54) is 0 Å². The number of aromatic nitrogens is 4. The van der Waals surface area contributed by atoms with Gasteiger partial charge in [-0.3, -0.25) is 0 Å². The Morgan fingerprint density at radius 2 is 2.33 bits per heavy atom. The van der Waals surface area contributed by atoms with Crippen molar-refractivity contribution in [2.75, 3.05) is 13.2 Å². The molecule has 1 aliphatic heterocycles. The minimum absolute atomic E-state index is 0.201. The molecule has 0 saturated carbocycles. The molecule has 0 amide bonds. The van der Waals surface area contributed by atoms with Gasteiger partial charge in [-0.1, -0.05) is 12.1 Å². The zero-order valence-corrected chi connectivity index (χ0v) is 9.90. The molecular weight excluding hydrogens is 232 g/mol. The van der Waals surface area contributed by atoms with Crippen LogP contribution in [0.15, 0.2) is 30.6 Å². The first kappa shape index (κ1) is 11.2. The number of tetrazole rings is 1. The second-order valence-corrected chi connectivity index (χ2v) is 4.17. The maximum Gasteiger partial charge on any atom is 0.145 e. The number of nitrogens with zero attached hydrogens (tertiary/aromatic N) is 4. The summed E-state index contributed by atoms with van der Waals surface area (Å²) < 4.78 is 12.9. The van der Waals surface area contributed by atoms with E-state index >= 15 is 0 Å². The summed E-state index contributed by atoms with van der Waals surface area (Å²) in [7, 11) is 0. The number of ether oxygens (including phenoxy) is 2. The Kier molecular flexibility index (Phi) is 3.18. The van der Waals surface area contributed by atoms with E-state index in [0.717, 1.165) is 30.9 Å². The van der Waals surface area contributed by atoms with Crippen molar-refractivity contribution in [3.63, 3.8) is 0 Å². The van der Waals surface area contributed by atoms with Gasteiger partial charge in [0.25, 0.3) is 0 Å². The molecule has 6 nitrogen and oxygen atoms in total. The third-order valence-corrected chi connectivity index (χ3v) is 2.91. The quantitative estimate of drug-likeness (QED) is 0.811. The van der Waals surface area contributed by atoms with E-state index in [-0.39, 0.29) is 6.10 Å². The molecule has 6 heteroatoms. The first-order valence-electron chi connectivity index (χ1n) is 6.00. The summed E-state index contributed by atoms with van der Waals surface area (Å²) in [4.78, 5) is 0. The highest BCUT2D eigenvalue weighted by atomic mass is 16.5. The molecule has 0 bridgehead atoms. The van der Waals surface area contributed by atoms with Gasteiger partial charge in [0.05, 0.1) is 6.10 Å². The number of para-hydroxylation sites is 2. The first-order chi connectivity index (χ1) is 8.93. The third-order valence-electron chi connectivity index (χ3n) is 2.91. The van der Waals surface area contributed by atoms with Gasteiger partial charge in [0.1, 0.15) is 24.4 Å². The van der Waals surface area contributed by atoms with Gasteiger partial charge in [-0.25, -0.2) is 0 Å². The van der Waals surface area contributed by atoms with E-state index in [1.807, 2.05) is 24.3 Å². The molecule has 1 aromatic heterocycles. The van der Waals surface area contributed by atoms with Crippen LogP contribution in [0.1, 0.15) is 12.8 Å². The highest BCUT2D eigenvalue weighted by molar-refractivity contribution is 5.45. The molecule has 2 heterocycles. The molecule has 1 saturated heterocycles. The fourth-order valence-corrected chi connectivity index (χ4v) is 2.00. The molecule has 0 aliphatic carbocycles. The van der Waals surface area contributed by atoms with Crippen LogP contribution >= 0.6 is 0 Å². The average Bonchev–Trinajstić information content (AvgIpc) is 3.10. The fraction of sp³-hybridized carbons (Fsp3) is 0.417. The smallest absolute Gasteiger partial charge is 0.145 e. The summed E-state index contributed by atoms with van der Waals surface area (Å²) in [6, 6.07) is 7.68. The summed E-state index contributed by atoms with van der Waals surface area (Å²) in [5.74, 6) is 0.764. The molecule has 1 fully saturated rings. The zero-order valence-electron chi connectivity index (χ0n) is 9.90. The lowest BCUT2D eigenvalue weighted by molar-refractivity contribution is 0.0679. The van der Waals surface area contributed by atoms with Crippen molar-refractivity contribution in [2.45, 2.75) is 18.9 Å². The maximum absolute atomic E-state index is 5.80. The van der Waals surface area contributed by atoms with E-state index in [9.17, 15) is 0 Å². The number of benzene rings is 1. The SMILES string of the molecule is c1ccc(-n2cnnn2)c(OCC2CCCO2)c1. The molecule has 18 heavy (non-hydrogen) atoms. The van der Waals surface area contributed by atoms with E-state index in [0.29, 0.717) is 6.61 Å². The molecule has 0 radical (unpaired) electrons. The number of rotatable bonds is 4. The first-order valence-corrected chi connectivity index (χ1v) is 6.00. The van der Waals surface area contributed by atoms with Crippen molar-refractivity contribution in [3.05, 3.63) is 30.6 Å². The minimum Gasteiger partial charge on any atom is -0.489 e. The van der Waals surface area contributed by atoms with Crippen molar-refractivity contribution in [1.82, 2.24) is 20.2 Å². The van der Waals surface area contributed by atoms with Crippen LogP contribution in [0.5, 0.6) is 5.75 Å². The van der Waals surface area contributed by atoms with Gasteiger partial charge in [0, 0.05) is 6.61 Å². The van der Waals surface area contributed by atoms with Crippen molar-refractivity contribution >= 4 is 0 Å². The van der Waals surface area contributed by atoms with Crippen molar-refractivity contribution in [3.8, 4) is 11.4 Å². The van der Waals surface area contributed by atoms with Crippen LogP contribution in [0, 0.1) is 0 Å². The van der Waals surface area contributed by atoms with Gasteiger partial charge < -0.3 is 9.47 Å². The van der Waals surface area contributed by atoms with E-state index in [1.54, 1.807) is 11.0 Å². The van der Waals surface area contributed by atoms with E-state index in [4.69, 9.17) is 9.47 Å². The molecule has 1 unspecified atom stereocenters. The van der Waals surface area contributed by atoms with Crippen LogP contribution in [0.4, 0.5) is 0 Å². The molecule has 1 atom stereocenters. The Labute approximate surface area is 105 Å². The van der Waals surface area contributed by atoms with E-state index in [2.05, 4.69) is 15.5 Å². The van der Waals surface area contributed by atoms with Gasteiger partial charge in [-0.15, -0.1) is 5.10 Å².